The van der Waals surface area contributed by atoms with E-state index < -0.39 is 0 Å². The first-order chi connectivity index (χ1) is 17.2. The van der Waals surface area contributed by atoms with E-state index in [2.05, 4.69) is 86.8 Å². The van der Waals surface area contributed by atoms with Crippen LogP contribution in [-0.4, -0.2) is 53.1 Å². The summed E-state index contributed by atoms with van der Waals surface area (Å²) in [6.45, 7) is 7.10. The standard InChI is InChI=1S/C30H32N4O/c1-22-16-30(28-12-5-6-13-29(28)31-22)32-24-10-7-11-27(17-24)35-15-14-33-20-26-18-25(33)21-34(26)19-23-8-3-2-4-9-23/h2-13,16-17,25-26H,14-15,18-21H2,1H3,(H,31,32). The summed E-state index contributed by atoms with van der Waals surface area (Å²) in [4.78, 5) is 9.90. The van der Waals surface area contributed by atoms with Crippen LogP contribution < -0.4 is 10.1 Å². The smallest absolute Gasteiger partial charge is 0.121 e. The molecule has 2 bridgehead atoms. The molecule has 3 heterocycles. The van der Waals surface area contributed by atoms with E-state index >= 15 is 0 Å². The molecular weight excluding hydrogens is 432 g/mol. The second-order valence-corrected chi connectivity index (χ2v) is 9.78. The number of nitrogens with one attached hydrogen (secondary N) is 1. The van der Waals surface area contributed by atoms with Crippen molar-refractivity contribution in [2.24, 2.45) is 0 Å². The summed E-state index contributed by atoms with van der Waals surface area (Å²) in [5, 5.41) is 4.69. The van der Waals surface area contributed by atoms with E-state index in [1.165, 1.54) is 12.0 Å². The molecule has 5 heteroatoms. The molecule has 0 saturated carbocycles. The fourth-order valence-corrected chi connectivity index (χ4v) is 5.63. The molecule has 3 aromatic carbocycles. The lowest BCUT2D eigenvalue weighted by atomic mass is 10.1. The van der Waals surface area contributed by atoms with Gasteiger partial charge in [-0.25, -0.2) is 0 Å². The minimum Gasteiger partial charge on any atom is -0.492 e. The second kappa shape index (κ2) is 9.68. The monoisotopic (exact) mass is 464 g/mol. The Kier molecular flexibility index (Phi) is 6.11. The van der Waals surface area contributed by atoms with E-state index in [1.54, 1.807) is 0 Å². The van der Waals surface area contributed by atoms with Gasteiger partial charge in [0.25, 0.3) is 0 Å². The number of aromatic nitrogens is 1. The Morgan fingerprint density at radius 2 is 1.69 bits per heavy atom. The lowest BCUT2D eigenvalue weighted by molar-refractivity contribution is 0.109. The van der Waals surface area contributed by atoms with E-state index in [0.29, 0.717) is 18.7 Å². The predicted octanol–water partition coefficient (Wildman–Crippen LogP) is 5.62. The first-order valence-corrected chi connectivity index (χ1v) is 12.6. The van der Waals surface area contributed by atoms with Crippen molar-refractivity contribution in [1.82, 2.24) is 14.8 Å². The molecular formula is C30H32N4O. The highest BCUT2D eigenvalue weighted by atomic mass is 16.5. The van der Waals surface area contributed by atoms with E-state index in [1.807, 2.05) is 25.1 Å². The molecule has 2 saturated heterocycles. The van der Waals surface area contributed by atoms with Crippen LogP contribution in [-0.2, 0) is 6.54 Å². The molecule has 2 fully saturated rings. The maximum absolute atomic E-state index is 6.18. The maximum Gasteiger partial charge on any atom is 0.121 e. The molecule has 35 heavy (non-hydrogen) atoms. The lowest BCUT2D eigenvalue weighted by Crippen LogP contribution is -2.47. The largest absolute Gasteiger partial charge is 0.492 e. The molecule has 0 amide bonds. The molecule has 4 aromatic rings. The second-order valence-electron chi connectivity index (χ2n) is 9.78. The van der Waals surface area contributed by atoms with Gasteiger partial charge < -0.3 is 10.1 Å². The van der Waals surface area contributed by atoms with Crippen LogP contribution in [0.3, 0.4) is 0 Å². The molecule has 0 aliphatic carbocycles. The molecule has 0 radical (unpaired) electrons. The van der Waals surface area contributed by atoms with Crippen molar-refractivity contribution >= 4 is 22.3 Å². The number of piperazine rings is 1. The number of hydrogen-bond donors (Lipinski definition) is 1. The Morgan fingerprint density at radius 1 is 0.886 bits per heavy atom. The van der Waals surface area contributed by atoms with Gasteiger partial charge >= 0.3 is 0 Å². The van der Waals surface area contributed by atoms with Crippen molar-refractivity contribution in [1.29, 1.82) is 0 Å². The minimum absolute atomic E-state index is 0.656. The summed E-state index contributed by atoms with van der Waals surface area (Å²) < 4.78 is 6.18. The summed E-state index contributed by atoms with van der Waals surface area (Å²) in [5.74, 6) is 0.903. The van der Waals surface area contributed by atoms with Crippen LogP contribution in [0.2, 0.25) is 0 Å². The topological polar surface area (TPSA) is 40.6 Å². The Balaban J connectivity index is 1.03. The predicted molar refractivity (Wildman–Crippen MR) is 142 cm³/mol. The fourth-order valence-electron chi connectivity index (χ4n) is 5.63. The molecule has 2 unspecified atom stereocenters. The highest BCUT2D eigenvalue weighted by Crippen LogP contribution is 2.32. The van der Waals surface area contributed by atoms with Crippen LogP contribution in [0.1, 0.15) is 17.7 Å². The van der Waals surface area contributed by atoms with Crippen molar-refractivity contribution in [2.45, 2.75) is 32.0 Å². The highest BCUT2D eigenvalue weighted by Gasteiger charge is 2.42. The van der Waals surface area contributed by atoms with Crippen LogP contribution in [0.15, 0.2) is 84.9 Å². The third-order valence-corrected chi connectivity index (χ3v) is 7.30. The van der Waals surface area contributed by atoms with Crippen molar-refractivity contribution in [3.05, 3.63) is 96.2 Å². The minimum atomic E-state index is 0.656. The molecule has 2 aliphatic rings. The first kappa shape index (κ1) is 22.1. The van der Waals surface area contributed by atoms with Gasteiger partial charge in [0.15, 0.2) is 0 Å². The molecule has 178 valence electrons. The van der Waals surface area contributed by atoms with Crippen LogP contribution in [0.5, 0.6) is 5.75 Å². The zero-order valence-electron chi connectivity index (χ0n) is 20.2. The van der Waals surface area contributed by atoms with Gasteiger partial charge in [-0.1, -0.05) is 54.6 Å². The number of ether oxygens (including phenoxy) is 1. The van der Waals surface area contributed by atoms with Crippen molar-refractivity contribution in [2.75, 3.05) is 31.6 Å². The highest BCUT2D eigenvalue weighted by molar-refractivity contribution is 5.93. The Morgan fingerprint density at radius 3 is 2.54 bits per heavy atom. The normalized spacial score (nSPS) is 19.9. The summed E-state index contributed by atoms with van der Waals surface area (Å²) >= 11 is 0. The number of benzene rings is 3. The molecule has 6 rings (SSSR count). The van der Waals surface area contributed by atoms with Crippen molar-refractivity contribution in [3.8, 4) is 5.75 Å². The van der Waals surface area contributed by atoms with E-state index in [9.17, 15) is 0 Å². The average Bonchev–Trinajstić information content (AvgIpc) is 3.45. The fraction of sp³-hybridized carbons (Fsp3) is 0.300. The summed E-state index contributed by atoms with van der Waals surface area (Å²) in [5.41, 5.74) is 5.51. The van der Waals surface area contributed by atoms with Crippen LogP contribution in [0, 0.1) is 6.92 Å². The van der Waals surface area contributed by atoms with Gasteiger partial charge in [0.05, 0.1) is 5.52 Å². The number of nitrogens with zero attached hydrogens (tertiary/aromatic N) is 3. The molecule has 2 aliphatic heterocycles. The van der Waals surface area contributed by atoms with E-state index in [0.717, 1.165) is 59.9 Å². The summed E-state index contributed by atoms with van der Waals surface area (Å²) in [7, 11) is 0. The molecule has 5 nitrogen and oxygen atoms in total. The summed E-state index contributed by atoms with van der Waals surface area (Å²) in [6.07, 6.45) is 1.28. The van der Waals surface area contributed by atoms with E-state index in [-0.39, 0.29) is 0 Å². The van der Waals surface area contributed by atoms with Gasteiger partial charge in [0.1, 0.15) is 12.4 Å². The molecule has 0 spiro atoms. The third kappa shape index (κ3) is 4.88. The van der Waals surface area contributed by atoms with E-state index in [4.69, 9.17) is 4.74 Å². The zero-order valence-corrected chi connectivity index (χ0v) is 20.2. The Hall–Kier alpha value is -3.41. The zero-order chi connectivity index (χ0) is 23.6. The SMILES string of the molecule is Cc1cc(Nc2cccc(OCCN3CC4CC3CN4Cc3ccccc3)c2)c2ccccc2n1. The third-order valence-electron chi connectivity index (χ3n) is 7.30. The van der Waals surface area contributed by atoms with Crippen LogP contribution >= 0.6 is 0 Å². The maximum atomic E-state index is 6.18. The summed E-state index contributed by atoms with van der Waals surface area (Å²) in [6, 6.07) is 30.8. The van der Waals surface area contributed by atoms with Gasteiger partial charge in [-0.2, -0.15) is 0 Å². The number of likely N-dealkylation sites (tertiary alicyclic amines) is 2. The van der Waals surface area contributed by atoms with Gasteiger partial charge in [0.2, 0.25) is 0 Å². The van der Waals surface area contributed by atoms with Crippen LogP contribution in [0.25, 0.3) is 10.9 Å². The Bertz CT molecular complexity index is 1310. The number of rotatable bonds is 8. The van der Waals surface area contributed by atoms with Gasteiger partial charge in [-0.05, 0) is 43.2 Å². The number of pyridine rings is 1. The van der Waals surface area contributed by atoms with Gasteiger partial charge in [0, 0.05) is 66.8 Å². The number of hydrogen-bond acceptors (Lipinski definition) is 5. The number of aryl methyl sites for hydroxylation is 1. The van der Waals surface area contributed by atoms with Crippen molar-refractivity contribution in [3.63, 3.8) is 0 Å². The average molecular weight is 465 g/mol. The van der Waals surface area contributed by atoms with Gasteiger partial charge in [-0.3, -0.25) is 14.8 Å². The lowest BCUT2D eigenvalue weighted by Gasteiger charge is -2.34. The number of para-hydroxylation sites is 1. The van der Waals surface area contributed by atoms with Crippen LogP contribution in [0.4, 0.5) is 11.4 Å². The quantitative estimate of drug-likeness (QED) is 0.366. The van der Waals surface area contributed by atoms with Crippen molar-refractivity contribution < 1.29 is 4.74 Å². The molecule has 1 N–H and O–H groups in total. The Labute approximate surface area is 207 Å². The molecule has 1 aromatic heterocycles. The number of anilines is 2. The molecule has 2 atom stereocenters. The number of fused-ring (bicyclic) bond motifs is 3. The first-order valence-electron chi connectivity index (χ1n) is 12.6. The van der Waals surface area contributed by atoms with Gasteiger partial charge in [-0.15, -0.1) is 0 Å².